The predicted molar refractivity (Wildman–Crippen MR) is 112 cm³/mol. The molecule has 2 aromatic rings. The van der Waals surface area contributed by atoms with Crippen molar-refractivity contribution in [2.75, 3.05) is 5.32 Å². The molecule has 1 fully saturated rings. The summed E-state index contributed by atoms with van der Waals surface area (Å²) < 4.78 is 0. The fraction of sp³-hybridized carbons (Fsp3) is 0.333. The summed E-state index contributed by atoms with van der Waals surface area (Å²) in [6.07, 6.45) is 5.38. The topological polar surface area (TPSA) is 65.0 Å². The average molecular weight is 404 g/mol. The van der Waals surface area contributed by atoms with E-state index in [-0.39, 0.29) is 11.8 Å². The van der Waals surface area contributed by atoms with Crippen molar-refractivity contribution < 1.29 is 4.79 Å². The third-order valence-electron chi connectivity index (χ3n) is 4.90. The summed E-state index contributed by atoms with van der Waals surface area (Å²) in [6, 6.07) is 14.0. The Balaban J connectivity index is 1.77. The molecule has 0 bridgehead atoms. The molecule has 0 aliphatic heterocycles. The van der Waals surface area contributed by atoms with Gasteiger partial charge < -0.3 is 10.6 Å². The van der Waals surface area contributed by atoms with Crippen molar-refractivity contribution in [3.63, 3.8) is 0 Å². The van der Waals surface area contributed by atoms with E-state index < -0.39 is 6.04 Å². The fourth-order valence-electron chi connectivity index (χ4n) is 3.40. The van der Waals surface area contributed by atoms with Gasteiger partial charge in [0.25, 0.3) is 5.91 Å². The Morgan fingerprint density at radius 2 is 1.70 bits per heavy atom. The summed E-state index contributed by atoms with van der Waals surface area (Å²) in [4.78, 5) is 13.0. The zero-order valence-electron chi connectivity index (χ0n) is 15.0. The average Bonchev–Trinajstić information content (AvgIpc) is 2.70. The second-order valence-electron chi connectivity index (χ2n) is 6.85. The lowest BCUT2D eigenvalue weighted by Gasteiger charge is -2.25. The number of halogens is 2. The molecule has 4 nitrogen and oxygen atoms in total. The number of amides is 1. The van der Waals surface area contributed by atoms with Gasteiger partial charge in [-0.3, -0.25) is 10.2 Å². The van der Waals surface area contributed by atoms with Crippen LogP contribution in [0, 0.1) is 11.3 Å². The Morgan fingerprint density at radius 3 is 2.37 bits per heavy atom. The Bertz CT molecular complexity index is 804. The summed E-state index contributed by atoms with van der Waals surface area (Å²) in [5.74, 6) is 0.212. The highest BCUT2D eigenvalue weighted by atomic mass is 35.5. The first kappa shape index (κ1) is 19.7. The van der Waals surface area contributed by atoms with Gasteiger partial charge in [0.05, 0.1) is 10.0 Å². The van der Waals surface area contributed by atoms with Gasteiger partial charge in [-0.05, 0) is 36.6 Å². The lowest BCUT2D eigenvalue weighted by molar-refractivity contribution is -0.120. The van der Waals surface area contributed by atoms with Crippen molar-refractivity contribution in [3.05, 3.63) is 64.1 Å². The molecule has 3 N–H and O–H groups in total. The van der Waals surface area contributed by atoms with Gasteiger partial charge in [-0.2, -0.15) is 0 Å². The number of anilines is 1. The van der Waals surface area contributed by atoms with Crippen molar-refractivity contribution in [2.45, 2.75) is 38.1 Å². The minimum absolute atomic E-state index is 0.143. The quantitative estimate of drug-likeness (QED) is 0.434. The lowest BCUT2D eigenvalue weighted by atomic mass is 9.88. The van der Waals surface area contributed by atoms with E-state index in [0.717, 1.165) is 31.2 Å². The first-order chi connectivity index (χ1) is 13.0. The number of hydrogen-bond donors (Lipinski definition) is 3. The molecule has 142 valence electrons. The van der Waals surface area contributed by atoms with Crippen molar-refractivity contribution in [2.24, 2.45) is 5.92 Å². The number of nitrogens with one attached hydrogen (secondary N) is 3. The monoisotopic (exact) mass is 403 g/mol. The highest BCUT2D eigenvalue weighted by molar-refractivity contribution is 6.42. The largest absolute Gasteiger partial charge is 0.370 e. The molecular weight excluding hydrogens is 381 g/mol. The van der Waals surface area contributed by atoms with Crippen LogP contribution >= 0.6 is 23.2 Å². The SMILES string of the molecule is N=C(NC(=O)C(Nc1ccc(Cl)c(Cl)c1)c1ccccc1)C1CCCCC1. The highest BCUT2D eigenvalue weighted by Crippen LogP contribution is 2.28. The molecule has 6 heteroatoms. The van der Waals surface area contributed by atoms with E-state index in [2.05, 4.69) is 10.6 Å². The van der Waals surface area contributed by atoms with Crippen LogP contribution in [0.3, 0.4) is 0 Å². The molecule has 1 aliphatic rings. The molecule has 0 aromatic heterocycles. The number of hydrogen-bond acceptors (Lipinski definition) is 3. The van der Waals surface area contributed by atoms with Gasteiger partial charge in [-0.15, -0.1) is 0 Å². The zero-order chi connectivity index (χ0) is 19.2. The smallest absolute Gasteiger partial charge is 0.252 e. The van der Waals surface area contributed by atoms with E-state index in [1.54, 1.807) is 18.2 Å². The number of rotatable bonds is 5. The summed E-state index contributed by atoms with van der Waals surface area (Å²) in [5, 5.41) is 15.2. The molecule has 27 heavy (non-hydrogen) atoms. The molecule has 0 spiro atoms. The molecule has 1 saturated carbocycles. The van der Waals surface area contributed by atoms with Crippen molar-refractivity contribution in [1.82, 2.24) is 5.32 Å². The van der Waals surface area contributed by atoms with Crippen LogP contribution < -0.4 is 10.6 Å². The van der Waals surface area contributed by atoms with Gasteiger partial charge in [-0.25, -0.2) is 0 Å². The van der Waals surface area contributed by atoms with Crippen LogP contribution in [-0.2, 0) is 4.79 Å². The third kappa shape index (κ3) is 5.24. The van der Waals surface area contributed by atoms with E-state index in [1.807, 2.05) is 30.3 Å². The normalized spacial score (nSPS) is 15.8. The Kier molecular flexibility index (Phi) is 6.75. The van der Waals surface area contributed by atoms with Gasteiger partial charge in [0.1, 0.15) is 11.9 Å². The number of carbonyl (C=O) groups is 1. The Morgan fingerprint density at radius 1 is 1.00 bits per heavy atom. The van der Waals surface area contributed by atoms with E-state index >= 15 is 0 Å². The van der Waals surface area contributed by atoms with E-state index in [0.29, 0.717) is 21.6 Å². The molecule has 1 amide bonds. The van der Waals surface area contributed by atoms with Gasteiger partial charge in [0.2, 0.25) is 0 Å². The molecule has 0 saturated heterocycles. The van der Waals surface area contributed by atoms with Crippen molar-refractivity contribution in [3.8, 4) is 0 Å². The zero-order valence-corrected chi connectivity index (χ0v) is 16.5. The number of carbonyl (C=O) groups excluding carboxylic acids is 1. The maximum Gasteiger partial charge on any atom is 0.252 e. The van der Waals surface area contributed by atoms with Gasteiger partial charge >= 0.3 is 0 Å². The van der Waals surface area contributed by atoms with Crippen molar-refractivity contribution >= 4 is 40.6 Å². The summed E-state index contributed by atoms with van der Waals surface area (Å²) in [6.45, 7) is 0. The van der Waals surface area contributed by atoms with Crippen LogP contribution in [0.5, 0.6) is 0 Å². The standard InChI is InChI=1S/C21H23Cl2N3O/c22-17-12-11-16(13-18(17)23)25-19(14-7-3-1-4-8-14)21(27)26-20(24)15-9-5-2-6-10-15/h1,3-4,7-8,11-13,15,19,25H,2,5-6,9-10H2,(H2,24,26,27). The Labute approximate surface area is 169 Å². The second kappa shape index (κ2) is 9.25. The molecule has 3 rings (SSSR count). The maximum atomic E-state index is 13.0. The van der Waals surface area contributed by atoms with E-state index in [1.165, 1.54) is 6.42 Å². The number of amidine groups is 1. The molecular formula is C21H23Cl2N3O. The van der Waals surface area contributed by atoms with Crippen LogP contribution in [0.1, 0.15) is 43.7 Å². The molecule has 1 atom stereocenters. The highest BCUT2D eigenvalue weighted by Gasteiger charge is 2.25. The minimum Gasteiger partial charge on any atom is -0.370 e. The minimum atomic E-state index is -0.632. The second-order valence-corrected chi connectivity index (χ2v) is 7.67. The van der Waals surface area contributed by atoms with Gasteiger partial charge in [-0.1, -0.05) is 72.8 Å². The van der Waals surface area contributed by atoms with Crippen molar-refractivity contribution in [1.29, 1.82) is 5.41 Å². The van der Waals surface area contributed by atoms with Crippen LogP contribution in [0.2, 0.25) is 10.0 Å². The molecule has 0 heterocycles. The third-order valence-corrected chi connectivity index (χ3v) is 5.64. The van der Waals surface area contributed by atoms with Crippen LogP contribution in [0.15, 0.2) is 48.5 Å². The first-order valence-corrected chi connectivity index (χ1v) is 9.96. The fourth-order valence-corrected chi connectivity index (χ4v) is 3.69. The van der Waals surface area contributed by atoms with Crippen LogP contribution in [0.25, 0.3) is 0 Å². The molecule has 2 aromatic carbocycles. The lowest BCUT2D eigenvalue weighted by Crippen LogP contribution is -2.40. The summed E-state index contributed by atoms with van der Waals surface area (Å²) in [5.41, 5.74) is 1.51. The van der Waals surface area contributed by atoms with Gasteiger partial charge in [0.15, 0.2) is 0 Å². The summed E-state index contributed by atoms with van der Waals surface area (Å²) in [7, 11) is 0. The van der Waals surface area contributed by atoms with E-state index in [9.17, 15) is 4.79 Å². The van der Waals surface area contributed by atoms with E-state index in [4.69, 9.17) is 28.6 Å². The first-order valence-electron chi connectivity index (χ1n) is 9.20. The van der Waals surface area contributed by atoms with Crippen LogP contribution in [0.4, 0.5) is 5.69 Å². The molecule has 1 aliphatic carbocycles. The maximum absolute atomic E-state index is 13.0. The van der Waals surface area contributed by atoms with Crippen LogP contribution in [-0.4, -0.2) is 11.7 Å². The summed E-state index contributed by atoms with van der Waals surface area (Å²) >= 11 is 12.1. The molecule has 1 unspecified atom stereocenters. The Hall–Kier alpha value is -2.04. The number of benzene rings is 2. The molecule has 0 radical (unpaired) electrons. The predicted octanol–water partition coefficient (Wildman–Crippen LogP) is 5.82. The van der Waals surface area contributed by atoms with Gasteiger partial charge in [0, 0.05) is 11.6 Å².